The van der Waals surface area contributed by atoms with Crippen molar-refractivity contribution in [1.82, 2.24) is 0 Å². The molecule has 1 atom stereocenters. The molecular weight excluding hydrogens is 170 g/mol. The number of benzene rings is 1. The number of aryl methyl sites for hydroxylation is 1. The van der Waals surface area contributed by atoms with Crippen LogP contribution in [-0.2, 0) is 9.73 Å². The van der Waals surface area contributed by atoms with Gasteiger partial charge in [0, 0.05) is 10.6 Å². The van der Waals surface area contributed by atoms with Gasteiger partial charge in [-0.05, 0) is 19.1 Å². The maximum Gasteiger partial charge on any atom is 0.0723 e. The predicted octanol–water partition coefficient (Wildman–Crippen LogP) is 2.42. The Morgan fingerprint density at radius 1 is 1.33 bits per heavy atom. The zero-order valence-electron chi connectivity index (χ0n) is 7.33. The first-order chi connectivity index (χ1) is 5.56. The number of hydrogen-bond acceptors (Lipinski definition) is 2. The average Bonchev–Trinajstić information content (AvgIpc) is 2.05. The fourth-order valence-electron chi connectivity index (χ4n) is 0.925. The molecule has 0 spiro atoms. The summed E-state index contributed by atoms with van der Waals surface area (Å²) >= 11 is 0. The second-order valence-corrected chi connectivity index (χ2v) is 5.18. The molecule has 1 aromatic carbocycles. The summed E-state index contributed by atoms with van der Waals surface area (Å²) in [4.78, 5) is 0.635. The van der Waals surface area contributed by atoms with E-state index in [4.69, 9.17) is 4.78 Å². The van der Waals surface area contributed by atoms with Crippen molar-refractivity contribution in [3.8, 4) is 0 Å². The summed E-state index contributed by atoms with van der Waals surface area (Å²) in [6.07, 6.45) is 0. The third-order valence-electron chi connectivity index (χ3n) is 1.81. The zero-order valence-corrected chi connectivity index (χ0v) is 8.15. The van der Waals surface area contributed by atoms with Gasteiger partial charge >= 0.3 is 0 Å². The third kappa shape index (κ3) is 1.85. The summed E-state index contributed by atoms with van der Waals surface area (Å²) in [5, 5.41) is 0. The first kappa shape index (κ1) is 9.26. The van der Waals surface area contributed by atoms with E-state index in [9.17, 15) is 4.21 Å². The van der Waals surface area contributed by atoms with Crippen LogP contribution in [0, 0.1) is 11.7 Å². The van der Waals surface area contributed by atoms with E-state index in [2.05, 4.69) is 0 Å². The minimum absolute atomic E-state index is 0.385. The van der Waals surface area contributed by atoms with Crippen molar-refractivity contribution in [2.75, 3.05) is 5.75 Å². The van der Waals surface area contributed by atoms with Crippen molar-refractivity contribution >= 4 is 9.73 Å². The van der Waals surface area contributed by atoms with Gasteiger partial charge in [0.25, 0.3) is 0 Å². The largest absolute Gasteiger partial charge is 0.249 e. The fourth-order valence-corrected chi connectivity index (χ4v) is 1.83. The lowest BCUT2D eigenvalue weighted by molar-refractivity contribution is 0.675. The molecule has 0 aromatic heterocycles. The molecule has 2 nitrogen and oxygen atoms in total. The molecule has 12 heavy (non-hydrogen) atoms. The van der Waals surface area contributed by atoms with E-state index in [1.165, 1.54) is 0 Å². The van der Waals surface area contributed by atoms with Gasteiger partial charge in [-0.2, -0.15) is 0 Å². The Morgan fingerprint density at radius 2 is 1.83 bits per heavy atom. The van der Waals surface area contributed by atoms with Gasteiger partial charge in [0.15, 0.2) is 0 Å². The molecule has 0 aliphatic rings. The Labute approximate surface area is 73.6 Å². The van der Waals surface area contributed by atoms with Gasteiger partial charge in [0.2, 0.25) is 0 Å². The van der Waals surface area contributed by atoms with Crippen LogP contribution in [0.25, 0.3) is 0 Å². The second kappa shape index (κ2) is 3.27. The number of hydrogen-bond donors (Lipinski definition) is 1. The van der Waals surface area contributed by atoms with Crippen LogP contribution in [0.3, 0.4) is 0 Å². The van der Waals surface area contributed by atoms with Gasteiger partial charge in [-0.1, -0.05) is 24.6 Å². The van der Waals surface area contributed by atoms with E-state index in [1.54, 1.807) is 19.1 Å². The van der Waals surface area contributed by atoms with Gasteiger partial charge in [0.05, 0.1) is 9.73 Å². The lowest BCUT2D eigenvalue weighted by Gasteiger charge is -2.03. The Bertz CT molecular complexity index is 351. The molecule has 0 amide bonds. The van der Waals surface area contributed by atoms with E-state index >= 15 is 0 Å². The quantitative estimate of drug-likeness (QED) is 0.751. The maximum absolute atomic E-state index is 11.5. The smallest absolute Gasteiger partial charge is 0.0723 e. The predicted molar refractivity (Wildman–Crippen MR) is 50.8 cm³/mol. The molecule has 1 N–H and O–H groups in total. The highest BCUT2D eigenvalue weighted by Gasteiger charge is 2.05. The molecule has 0 radical (unpaired) electrons. The minimum Gasteiger partial charge on any atom is -0.249 e. The van der Waals surface area contributed by atoms with Crippen molar-refractivity contribution in [3.63, 3.8) is 0 Å². The maximum atomic E-state index is 11.5. The van der Waals surface area contributed by atoms with E-state index < -0.39 is 9.73 Å². The van der Waals surface area contributed by atoms with Crippen molar-refractivity contribution in [2.24, 2.45) is 0 Å². The molecule has 1 aromatic rings. The Balaban J connectivity index is 3.14. The minimum atomic E-state index is -2.51. The Hall–Kier alpha value is -0.830. The Kier molecular flexibility index (Phi) is 2.52. The topological polar surface area (TPSA) is 40.9 Å². The van der Waals surface area contributed by atoms with E-state index in [0.717, 1.165) is 5.56 Å². The highest BCUT2D eigenvalue weighted by atomic mass is 32.2. The van der Waals surface area contributed by atoms with E-state index in [0.29, 0.717) is 10.6 Å². The molecule has 3 heteroatoms. The summed E-state index contributed by atoms with van der Waals surface area (Å²) in [5.41, 5.74) is 1.13. The second-order valence-electron chi connectivity index (χ2n) is 2.78. The molecule has 66 valence electrons. The lowest BCUT2D eigenvalue weighted by atomic mass is 10.2. The summed E-state index contributed by atoms with van der Waals surface area (Å²) in [6.45, 7) is 3.75. The Morgan fingerprint density at radius 3 is 2.25 bits per heavy atom. The molecule has 0 aliphatic carbocycles. The SMILES string of the molecule is CC[S@](=N)(=O)c1ccc(C)cc1. The van der Waals surface area contributed by atoms with Crippen LogP contribution in [-0.4, -0.2) is 9.96 Å². The zero-order chi connectivity index (χ0) is 9.19. The summed E-state index contributed by atoms with van der Waals surface area (Å²) in [5.74, 6) is 0.385. The first-order valence-electron chi connectivity index (χ1n) is 3.89. The molecule has 0 saturated heterocycles. The van der Waals surface area contributed by atoms with Crippen LogP contribution in [0.5, 0.6) is 0 Å². The van der Waals surface area contributed by atoms with Gasteiger partial charge in [-0.15, -0.1) is 0 Å². The molecule has 0 fully saturated rings. The lowest BCUT2D eigenvalue weighted by Crippen LogP contribution is -2.00. The first-order valence-corrected chi connectivity index (χ1v) is 5.62. The molecule has 0 aliphatic heterocycles. The van der Waals surface area contributed by atoms with Crippen LogP contribution < -0.4 is 0 Å². The van der Waals surface area contributed by atoms with Crippen molar-refractivity contribution in [2.45, 2.75) is 18.7 Å². The van der Waals surface area contributed by atoms with Crippen LogP contribution in [0.1, 0.15) is 12.5 Å². The molecule has 0 bridgehead atoms. The van der Waals surface area contributed by atoms with Gasteiger partial charge in [-0.25, -0.2) is 8.99 Å². The molecule has 1 rings (SSSR count). The van der Waals surface area contributed by atoms with Crippen LogP contribution in [0.2, 0.25) is 0 Å². The monoisotopic (exact) mass is 183 g/mol. The number of nitrogens with one attached hydrogen (secondary N) is 1. The average molecular weight is 183 g/mol. The summed E-state index contributed by atoms with van der Waals surface area (Å²) < 4.78 is 19.0. The van der Waals surface area contributed by atoms with Crippen molar-refractivity contribution < 1.29 is 4.21 Å². The van der Waals surface area contributed by atoms with Gasteiger partial charge < -0.3 is 0 Å². The normalized spacial score (nSPS) is 15.5. The van der Waals surface area contributed by atoms with Gasteiger partial charge in [-0.3, -0.25) is 0 Å². The third-order valence-corrected chi connectivity index (χ3v) is 3.65. The van der Waals surface area contributed by atoms with Crippen molar-refractivity contribution in [3.05, 3.63) is 29.8 Å². The standard InChI is InChI=1S/C9H13NOS/c1-3-12(10,11)9-6-4-8(2)5-7-9/h4-7,10H,3H2,1-2H3/t12-/m0/s1. The molecule has 0 heterocycles. The highest BCUT2D eigenvalue weighted by molar-refractivity contribution is 7.92. The summed E-state index contributed by atoms with van der Waals surface area (Å²) in [7, 11) is -2.51. The van der Waals surface area contributed by atoms with Crippen LogP contribution in [0.4, 0.5) is 0 Å². The van der Waals surface area contributed by atoms with E-state index in [1.807, 2.05) is 19.1 Å². The molecule has 0 saturated carbocycles. The fraction of sp³-hybridized carbons (Fsp3) is 0.333. The molecular formula is C9H13NOS. The number of rotatable bonds is 2. The van der Waals surface area contributed by atoms with Crippen LogP contribution in [0.15, 0.2) is 29.2 Å². The van der Waals surface area contributed by atoms with Gasteiger partial charge in [0.1, 0.15) is 0 Å². The van der Waals surface area contributed by atoms with Crippen LogP contribution >= 0.6 is 0 Å². The molecule has 0 unspecified atom stereocenters. The highest BCUT2D eigenvalue weighted by Crippen LogP contribution is 2.12. The van der Waals surface area contributed by atoms with Crippen molar-refractivity contribution in [1.29, 1.82) is 4.78 Å². The van der Waals surface area contributed by atoms with E-state index in [-0.39, 0.29) is 0 Å². The summed E-state index contributed by atoms with van der Waals surface area (Å²) in [6, 6.07) is 7.32.